The molecule has 0 aromatic heterocycles. The van der Waals surface area contributed by atoms with Crippen molar-refractivity contribution in [2.24, 2.45) is 11.1 Å². The Morgan fingerprint density at radius 2 is 1.95 bits per heavy atom. The molecule has 0 radical (unpaired) electrons. The van der Waals surface area contributed by atoms with Crippen molar-refractivity contribution in [1.82, 2.24) is 0 Å². The minimum absolute atomic E-state index is 0.149. The highest BCUT2D eigenvalue weighted by Gasteiger charge is 2.42. The number of benzene rings is 1. The van der Waals surface area contributed by atoms with Crippen LogP contribution in [0, 0.1) is 17.0 Å². The van der Waals surface area contributed by atoms with Crippen molar-refractivity contribution in [3.8, 4) is 0 Å². The first-order valence-corrected chi connectivity index (χ1v) is 8.13. The second kappa shape index (κ2) is 5.07. The minimum atomic E-state index is -3.90. The fourth-order valence-corrected chi connectivity index (χ4v) is 4.93. The molecule has 0 spiro atoms. The van der Waals surface area contributed by atoms with Crippen molar-refractivity contribution >= 4 is 9.84 Å². The average Bonchev–Trinajstić information content (AvgIpc) is 2.31. The molecule has 0 amide bonds. The van der Waals surface area contributed by atoms with Crippen LogP contribution < -0.4 is 5.73 Å². The standard InChI is InChI=1S/C14H19F2NO2S/c1-14(2)6-5-11(17)13(8-14)20(18,19)12-4-3-9(15)7-10(12)16/h3-4,7,11,13H,5-6,8,17H2,1-2H3. The Morgan fingerprint density at radius 3 is 2.55 bits per heavy atom. The number of sulfone groups is 1. The van der Waals surface area contributed by atoms with E-state index in [0.29, 0.717) is 18.9 Å². The van der Waals surface area contributed by atoms with Crippen LogP contribution in [0.5, 0.6) is 0 Å². The van der Waals surface area contributed by atoms with Gasteiger partial charge in [-0.05, 0) is 36.8 Å². The van der Waals surface area contributed by atoms with Crippen molar-refractivity contribution in [1.29, 1.82) is 0 Å². The molecule has 2 rings (SSSR count). The zero-order valence-corrected chi connectivity index (χ0v) is 12.4. The van der Waals surface area contributed by atoms with Crippen LogP contribution in [0.4, 0.5) is 8.78 Å². The molecule has 1 aromatic carbocycles. The summed E-state index contributed by atoms with van der Waals surface area (Å²) in [6.07, 6.45) is 1.80. The van der Waals surface area contributed by atoms with Crippen molar-refractivity contribution < 1.29 is 17.2 Å². The number of halogens is 2. The lowest BCUT2D eigenvalue weighted by atomic mass is 9.75. The van der Waals surface area contributed by atoms with Gasteiger partial charge in [0.25, 0.3) is 0 Å². The number of rotatable bonds is 2. The van der Waals surface area contributed by atoms with E-state index in [-0.39, 0.29) is 5.41 Å². The first-order valence-electron chi connectivity index (χ1n) is 6.58. The van der Waals surface area contributed by atoms with Gasteiger partial charge >= 0.3 is 0 Å². The summed E-state index contributed by atoms with van der Waals surface area (Å²) in [5, 5.41) is -0.828. The van der Waals surface area contributed by atoms with Crippen LogP contribution in [-0.2, 0) is 9.84 Å². The van der Waals surface area contributed by atoms with Crippen LogP contribution in [0.25, 0.3) is 0 Å². The molecule has 0 saturated heterocycles. The lowest BCUT2D eigenvalue weighted by Gasteiger charge is -2.38. The minimum Gasteiger partial charge on any atom is -0.327 e. The van der Waals surface area contributed by atoms with Crippen LogP contribution in [0.15, 0.2) is 23.1 Å². The van der Waals surface area contributed by atoms with Gasteiger partial charge in [0.15, 0.2) is 9.84 Å². The molecule has 2 N–H and O–H groups in total. The first kappa shape index (κ1) is 15.4. The summed E-state index contributed by atoms with van der Waals surface area (Å²) >= 11 is 0. The van der Waals surface area contributed by atoms with E-state index >= 15 is 0 Å². The van der Waals surface area contributed by atoms with E-state index in [1.807, 2.05) is 13.8 Å². The predicted molar refractivity (Wildman–Crippen MR) is 72.9 cm³/mol. The van der Waals surface area contributed by atoms with E-state index in [9.17, 15) is 17.2 Å². The number of hydrogen-bond acceptors (Lipinski definition) is 3. The Labute approximate surface area is 118 Å². The van der Waals surface area contributed by atoms with Gasteiger partial charge in [-0.2, -0.15) is 0 Å². The molecule has 1 aliphatic carbocycles. The van der Waals surface area contributed by atoms with Gasteiger partial charge in [-0.25, -0.2) is 17.2 Å². The van der Waals surface area contributed by atoms with Crippen molar-refractivity contribution in [2.75, 3.05) is 0 Å². The lowest BCUT2D eigenvalue weighted by molar-refractivity contribution is 0.227. The first-order chi connectivity index (χ1) is 9.13. The third kappa shape index (κ3) is 2.86. The van der Waals surface area contributed by atoms with Crippen LogP contribution in [0.3, 0.4) is 0 Å². The predicted octanol–water partition coefficient (Wildman–Crippen LogP) is 2.64. The molecule has 1 saturated carbocycles. The van der Waals surface area contributed by atoms with Gasteiger partial charge < -0.3 is 5.73 Å². The van der Waals surface area contributed by atoms with Crippen molar-refractivity contribution in [3.63, 3.8) is 0 Å². The van der Waals surface area contributed by atoms with Gasteiger partial charge in [0.1, 0.15) is 16.5 Å². The van der Waals surface area contributed by atoms with E-state index in [1.165, 1.54) is 0 Å². The molecule has 3 nitrogen and oxygen atoms in total. The normalized spacial score (nSPS) is 26.4. The quantitative estimate of drug-likeness (QED) is 0.854. The Hall–Kier alpha value is -1.01. The fourth-order valence-electron chi connectivity index (χ4n) is 2.75. The maximum Gasteiger partial charge on any atom is 0.185 e. The van der Waals surface area contributed by atoms with Gasteiger partial charge in [-0.15, -0.1) is 0 Å². The van der Waals surface area contributed by atoms with Gasteiger partial charge in [-0.1, -0.05) is 13.8 Å². The zero-order valence-electron chi connectivity index (χ0n) is 11.6. The highest BCUT2D eigenvalue weighted by Crippen LogP contribution is 2.39. The molecule has 1 aliphatic rings. The smallest absolute Gasteiger partial charge is 0.185 e. The molecule has 1 aromatic rings. The largest absolute Gasteiger partial charge is 0.327 e. The second-order valence-corrected chi connectivity index (χ2v) is 8.36. The molecule has 20 heavy (non-hydrogen) atoms. The van der Waals surface area contributed by atoms with Gasteiger partial charge in [-0.3, -0.25) is 0 Å². The Balaban J connectivity index is 2.43. The zero-order chi connectivity index (χ0) is 15.1. The molecule has 112 valence electrons. The number of nitrogens with two attached hydrogens (primary N) is 1. The monoisotopic (exact) mass is 303 g/mol. The molecule has 2 unspecified atom stereocenters. The van der Waals surface area contributed by atoms with Crippen molar-refractivity contribution in [2.45, 2.75) is 49.3 Å². The lowest BCUT2D eigenvalue weighted by Crippen LogP contribution is -2.47. The molecule has 2 atom stereocenters. The van der Waals surface area contributed by atoms with E-state index in [2.05, 4.69) is 0 Å². The average molecular weight is 303 g/mol. The maximum atomic E-state index is 13.8. The summed E-state index contributed by atoms with van der Waals surface area (Å²) in [7, 11) is -3.90. The summed E-state index contributed by atoms with van der Waals surface area (Å²) in [6, 6.07) is 2.01. The maximum absolute atomic E-state index is 13.8. The summed E-state index contributed by atoms with van der Waals surface area (Å²) in [4.78, 5) is -0.461. The summed E-state index contributed by atoms with van der Waals surface area (Å²) in [5.74, 6) is -1.85. The molecular formula is C14H19F2NO2S. The Kier molecular flexibility index (Phi) is 3.90. The van der Waals surface area contributed by atoms with Crippen molar-refractivity contribution in [3.05, 3.63) is 29.8 Å². The molecule has 0 aliphatic heterocycles. The summed E-state index contributed by atoms with van der Waals surface area (Å²) in [6.45, 7) is 3.95. The molecule has 1 fully saturated rings. The van der Waals surface area contributed by atoms with Crippen LogP contribution in [-0.4, -0.2) is 19.7 Å². The molecule has 0 heterocycles. The Bertz CT molecular complexity index is 614. The second-order valence-electron chi connectivity index (χ2n) is 6.23. The highest BCUT2D eigenvalue weighted by molar-refractivity contribution is 7.92. The van der Waals surface area contributed by atoms with Gasteiger partial charge in [0.2, 0.25) is 0 Å². The summed E-state index contributed by atoms with van der Waals surface area (Å²) < 4.78 is 51.8. The van der Waals surface area contributed by atoms with Gasteiger partial charge in [0.05, 0.1) is 5.25 Å². The molecule has 6 heteroatoms. The van der Waals surface area contributed by atoms with E-state index in [1.54, 1.807) is 0 Å². The van der Waals surface area contributed by atoms with Gasteiger partial charge in [0, 0.05) is 12.1 Å². The fraction of sp³-hybridized carbons (Fsp3) is 0.571. The Morgan fingerprint density at radius 1 is 1.30 bits per heavy atom. The van der Waals surface area contributed by atoms with E-state index in [0.717, 1.165) is 18.6 Å². The topological polar surface area (TPSA) is 60.2 Å². The van der Waals surface area contributed by atoms with Crippen LogP contribution in [0.1, 0.15) is 33.1 Å². The molecular weight excluding hydrogens is 284 g/mol. The molecule has 0 bridgehead atoms. The van der Waals surface area contributed by atoms with E-state index < -0.39 is 37.7 Å². The SMILES string of the molecule is CC1(C)CCC(N)C(S(=O)(=O)c2ccc(F)cc2F)C1. The number of hydrogen-bond donors (Lipinski definition) is 1. The third-order valence-corrected chi connectivity index (χ3v) is 6.24. The van der Waals surface area contributed by atoms with E-state index in [4.69, 9.17) is 5.73 Å². The highest BCUT2D eigenvalue weighted by atomic mass is 32.2. The summed E-state index contributed by atoms with van der Waals surface area (Å²) in [5.41, 5.74) is 5.78. The third-order valence-electron chi connectivity index (χ3n) is 3.98. The van der Waals surface area contributed by atoms with Crippen LogP contribution in [0.2, 0.25) is 0 Å². The van der Waals surface area contributed by atoms with Crippen LogP contribution >= 0.6 is 0 Å².